The van der Waals surface area contributed by atoms with E-state index in [1.807, 2.05) is 36.4 Å². The summed E-state index contributed by atoms with van der Waals surface area (Å²) in [4.78, 5) is 7.69. The molecule has 2 N–H and O–H groups in total. The van der Waals surface area contributed by atoms with E-state index in [0.29, 0.717) is 23.2 Å². The van der Waals surface area contributed by atoms with Gasteiger partial charge in [-0.1, -0.05) is 12.1 Å². The van der Waals surface area contributed by atoms with Gasteiger partial charge in [-0.3, -0.25) is 0 Å². The Morgan fingerprint density at radius 3 is 2.23 bits per heavy atom. The summed E-state index contributed by atoms with van der Waals surface area (Å²) < 4.78 is 16.0. The molecule has 0 atom stereocenters. The van der Waals surface area contributed by atoms with Crippen LogP contribution in [0.25, 0.3) is 11.0 Å². The molecule has 0 aliphatic carbocycles. The molecule has 0 radical (unpaired) electrons. The van der Waals surface area contributed by atoms with E-state index in [4.69, 9.17) is 14.2 Å². The van der Waals surface area contributed by atoms with Crippen LogP contribution < -0.4 is 19.5 Å². The van der Waals surface area contributed by atoms with E-state index in [1.54, 1.807) is 21.3 Å². The fourth-order valence-electron chi connectivity index (χ4n) is 2.30. The number of anilines is 2. The SMILES string of the molecule is COc1cc(Nc2nc3ccccc3[nH]2)cc(OC)c1OC. The number of methoxy groups -OCH3 is 3. The molecule has 3 aromatic rings. The van der Waals surface area contributed by atoms with Gasteiger partial charge in [0.2, 0.25) is 11.7 Å². The van der Waals surface area contributed by atoms with Crippen LogP contribution in [-0.4, -0.2) is 31.3 Å². The average molecular weight is 299 g/mol. The second kappa shape index (κ2) is 5.85. The highest BCUT2D eigenvalue weighted by atomic mass is 16.5. The van der Waals surface area contributed by atoms with Gasteiger partial charge in [-0.2, -0.15) is 0 Å². The largest absolute Gasteiger partial charge is 0.493 e. The summed E-state index contributed by atoms with van der Waals surface area (Å²) in [5, 5.41) is 3.21. The van der Waals surface area contributed by atoms with E-state index in [2.05, 4.69) is 15.3 Å². The molecule has 0 aliphatic heterocycles. The number of imidazole rings is 1. The smallest absolute Gasteiger partial charge is 0.205 e. The molecule has 0 bridgehead atoms. The summed E-state index contributed by atoms with van der Waals surface area (Å²) in [5.74, 6) is 2.37. The van der Waals surface area contributed by atoms with Gasteiger partial charge in [0.15, 0.2) is 11.5 Å². The molecule has 1 aromatic heterocycles. The van der Waals surface area contributed by atoms with Crippen LogP contribution in [0.15, 0.2) is 36.4 Å². The second-order valence-corrected chi connectivity index (χ2v) is 4.64. The number of nitrogens with zero attached hydrogens (tertiary/aromatic N) is 1. The highest BCUT2D eigenvalue weighted by Crippen LogP contribution is 2.40. The van der Waals surface area contributed by atoms with Crippen LogP contribution in [0.3, 0.4) is 0 Å². The van der Waals surface area contributed by atoms with Crippen LogP contribution in [0.5, 0.6) is 17.2 Å². The predicted octanol–water partition coefficient (Wildman–Crippen LogP) is 3.33. The van der Waals surface area contributed by atoms with E-state index in [0.717, 1.165) is 16.7 Å². The maximum Gasteiger partial charge on any atom is 0.205 e. The maximum atomic E-state index is 5.34. The van der Waals surface area contributed by atoms with Crippen LogP contribution in [0.1, 0.15) is 0 Å². The minimum atomic E-state index is 0.556. The van der Waals surface area contributed by atoms with Crippen LogP contribution >= 0.6 is 0 Å². The highest BCUT2D eigenvalue weighted by molar-refractivity contribution is 5.78. The quantitative estimate of drug-likeness (QED) is 0.756. The van der Waals surface area contributed by atoms with Gasteiger partial charge in [-0.05, 0) is 12.1 Å². The topological polar surface area (TPSA) is 68.4 Å². The van der Waals surface area contributed by atoms with Crippen molar-refractivity contribution in [1.29, 1.82) is 0 Å². The van der Waals surface area contributed by atoms with Crippen molar-refractivity contribution in [2.24, 2.45) is 0 Å². The lowest BCUT2D eigenvalue weighted by molar-refractivity contribution is 0.324. The minimum Gasteiger partial charge on any atom is -0.493 e. The van der Waals surface area contributed by atoms with Crippen molar-refractivity contribution in [2.75, 3.05) is 26.6 Å². The number of hydrogen-bond acceptors (Lipinski definition) is 5. The predicted molar refractivity (Wildman–Crippen MR) is 85.5 cm³/mol. The first-order chi connectivity index (χ1) is 10.7. The van der Waals surface area contributed by atoms with Crippen LogP contribution in [0.4, 0.5) is 11.6 Å². The lowest BCUT2D eigenvalue weighted by Gasteiger charge is -2.14. The summed E-state index contributed by atoms with van der Waals surface area (Å²) in [6.07, 6.45) is 0. The summed E-state index contributed by atoms with van der Waals surface area (Å²) in [5.41, 5.74) is 2.66. The third kappa shape index (κ3) is 2.50. The first-order valence-electron chi connectivity index (χ1n) is 6.77. The standard InChI is InChI=1S/C16H17N3O3/c1-20-13-8-10(9-14(21-2)15(13)22-3)17-16-18-11-6-4-5-7-12(11)19-16/h4-9H,1-3H3,(H2,17,18,19). The number of para-hydroxylation sites is 2. The van der Waals surface area contributed by atoms with Gasteiger partial charge in [-0.15, -0.1) is 0 Å². The molecule has 3 rings (SSSR count). The Morgan fingerprint density at radius 2 is 1.64 bits per heavy atom. The molecule has 22 heavy (non-hydrogen) atoms. The number of aromatic amines is 1. The summed E-state index contributed by atoms with van der Waals surface area (Å²) in [7, 11) is 4.75. The van der Waals surface area contributed by atoms with Crippen LogP contribution in [0, 0.1) is 0 Å². The Bertz CT molecular complexity index is 740. The fourth-order valence-corrected chi connectivity index (χ4v) is 2.30. The van der Waals surface area contributed by atoms with Gasteiger partial charge in [0.25, 0.3) is 0 Å². The van der Waals surface area contributed by atoms with Crippen molar-refractivity contribution in [3.05, 3.63) is 36.4 Å². The van der Waals surface area contributed by atoms with E-state index in [9.17, 15) is 0 Å². The number of nitrogens with one attached hydrogen (secondary N) is 2. The van der Waals surface area contributed by atoms with Gasteiger partial charge in [0.1, 0.15) is 0 Å². The third-order valence-electron chi connectivity index (χ3n) is 3.32. The van der Waals surface area contributed by atoms with E-state index < -0.39 is 0 Å². The van der Waals surface area contributed by atoms with E-state index in [1.165, 1.54) is 0 Å². The average Bonchev–Trinajstić information content (AvgIpc) is 2.95. The molecule has 6 heteroatoms. The maximum absolute atomic E-state index is 5.34. The van der Waals surface area contributed by atoms with Gasteiger partial charge < -0.3 is 24.5 Å². The van der Waals surface area contributed by atoms with Gasteiger partial charge in [0.05, 0.1) is 32.4 Å². The zero-order valence-electron chi connectivity index (χ0n) is 12.6. The number of aromatic nitrogens is 2. The summed E-state index contributed by atoms with van der Waals surface area (Å²) >= 11 is 0. The number of fused-ring (bicyclic) bond motifs is 1. The molecular weight excluding hydrogens is 282 g/mol. The molecule has 0 spiro atoms. The van der Waals surface area contributed by atoms with Crippen molar-refractivity contribution >= 4 is 22.7 Å². The molecule has 0 saturated carbocycles. The molecule has 114 valence electrons. The molecule has 0 amide bonds. The van der Waals surface area contributed by atoms with E-state index in [-0.39, 0.29) is 0 Å². The Kier molecular flexibility index (Phi) is 3.74. The molecule has 0 fully saturated rings. The van der Waals surface area contributed by atoms with Crippen LogP contribution in [-0.2, 0) is 0 Å². The number of H-pyrrole nitrogens is 1. The lowest BCUT2D eigenvalue weighted by Crippen LogP contribution is -1.98. The number of ether oxygens (including phenoxy) is 3. The third-order valence-corrected chi connectivity index (χ3v) is 3.32. The molecular formula is C16H17N3O3. The number of benzene rings is 2. The first kappa shape index (κ1) is 14.1. The van der Waals surface area contributed by atoms with Crippen molar-refractivity contribution in [1.82, 2.24) is 9.97 Å². The van der Waals surface area contributed by atoms with Gasteiger partial charge in [0, 0.05) is 17.8 Å². The molecule has 6 nitrogen and oxygen atoms in total. The molecule has 0 saturated heterocycles. The minimum absolute atomic E-state index is 0.556. The van der Waals surface area contributed by atoms with Crippen molar-refractivity contribution in [2.45, 2.75) is 0 Å². The first-order valence-corrected chi connectivity index (χ1v) is 6.77. The van der Waals surface area contributed by atoms with Gasteiger partial charge >= 0.3 is 0 Å². The van der Waals surface area contributed by atoms with E-state index >= 15 is 0 Å². The Balaban J connectivity index is 1.97. The number of hydrogen-bond donors (Lipinski definition) is 2. The highest BCUT2D eigenvalue weighted by Gasteiger charge is 2.14. The Labute approximate surface area is 128 Å². The summed E-state index contributed by atoms with van der Waals surface area (Å²) in [6.45, 7) is 0. The van der Waals surface area contributed by atoms with Gasteiger partial charge in [-0.25, -0.2) is 4.98 Å². The molecule has 0 unspecified atom stereocenters. The van der Waals surface area contributed by atoms with Crippen molar-refractivity contribution in [3.8, 4) is 17.2 Å². The fraction of sp³-hybridized carbons (Fsp3) is 0.188. The molecule has 0 aliphatic rings. The molecule has 2 aromatic carbocycles. The monoisotopic (exact) mass is 299 g/mol. The van der Waals surface area contributed by atoms with Crippen molar-refractivity contribution in [3.63, 3.8) is 0 Å². The molecule has 1 heterocycles. The van der Waals surface area contributed by atoms with Crippen molar-refractivity contribution < 1.29 is 14.2 Å². The summed E-state index contributed by atoms with van der Waals surface area (Å²) in [6, 6.07) is 11.5. The zero-order valence-corrected chi connectivity index (χ0v) is 12.6. The van der Waals surface area contributed by atoms with Crippen LogP contribution in [0.2, 0.25) is 0 Å². The Morgan fingerprint density at radius 1 is 0.955 bits per heavy atom. The zero-order chi connectivity index (χ0) is 15.5. The second-order valence-electron chi connectivity index (χ2n) is 4.64. The number of rotatable bonds is 5. The Hall–Kier alpha value is -2.89. The normalized spacial score (nSPS) is 10.5. The lowest BCUT2D eigenvalue weighted by atomic mass is 10.2.